The molecule has 0 bridgehead atoms. The van der Waals surface area contributed by atoms with Crippen molar-refractivity contribution in [3.63, 3.8) is 0 Å². The van der Waals surface area contributed by atoms with E-state index in [0.29, 0.717) is 0 Å². The smallest absolute Gasteiger partial charge is 0.0346 e. The fourth-order valence-electron chi connectivity index (χ4n) is 1.80. The molecule has 2 heteroatoms. The first-order valence-corrected chi connectivity index (χ1v) is 5.64. The van der Waals surface area contributed by atoms with E-state index in [4.69, 9.17) is 5.73 Å². The van der Waals surface area contributed by atoms with Gasteiger partial charge in [0.15, 0.2) is 0 Å². The van der Waals surface area contributed by atoms with E-state index in [1.165, 1.54) is 16.7 Å². The molecule has 0 radical (unpaired) electrons. The highest BCUT2D eigenvalue weighted by Gasteiger charge is 1.98. The fourth-order valence-corrected chi connectivity index (χ4v) is 1.80. The number of hydrogen-bond donors (Lipinski definition) is 1. The second-order valence-corrected chi connectivity index (χ2v) is 4.18. The summed E-state index contributed by atoms with van der Waals surface area (Å²) in [5.74, 6) is 0. The van der Waals surface area contributed by atoms with Crippen LogP contribution >= 0.6 is 12.4 Å². The third-order valence-electron chi connectivity index (χ3n) is 2.86. The standard InChI is InChI=1S/C15H17N.ClH/c1-12-6-8-13(9-7-12)10-11-14-4-2-3-5-15(14)16;/h2-9H,10-11,16H2,1H3;1H. The van der Waals surface area contributed by atoms with Crippen LogP contribution in [0.1, 0.15) is 16.7 Å². The monoisotopic (exact) mass is 247 g/mol. The molecule has 2 aromatic carbocycles. The molecule has 0 unspecified atom stereocenters. The second kappa shape index (κ2) is 6.31. The van der Waals surface area contributed by atoms with Gasteiger partial charge in [0, 0.05) is 5.69 Å². The van der Waals surface area contributed by atoms with E-state index in [2.05, 4.69) is 37.3 Å². The van der Waals surface area contributed by atoms with Crippen molar-refractivity contribution in [3.05, 3.63) is 65.2 Å². The molecular formula is C15H18ClN. The lowest BCUT2D eigenvalue weighted by Gasteiger charge is -2.05. The maximum Gasteiger partial charge on any atom is 0.0346 e. The zero-order valence-electron chi connectivity index (χ0n) is 10.0. The Morgan fingerprint density at radius 1 is 0.882 bits per heavy atom. The summed E-state index contributed by atoms with van der Waals surface area (Å²) >= 11 is 0. The molecule has 0 saturated heterocycles. The Hall–Kier alpha value is -1.47. The number of aryl methyl sites for hydroxylation is 3. The summed E-state index contributed by atoms with van der Waals surface area (Å²) in [5.41, 5.74) is 10.7. The van der Waals surface area contributed by atoms with Crippen molar-refractivity contribution in [1.29, 1.82) is 0 Å². The second-order valence-electron chi connectivity index (χ2n) is 4.18. The molecule has 0 heterocycles. The molecule has 0 amide bonds. The van der Waals surface area contributed by atoms with E-state index in [9.17, 15) is 0 Å². The van der Waals surface area contributed by atoms with Gasteiger partial charge in [0.1, 0.15) is 0 Å². The predicted octanol–water partition coefficient (Wildman–Crippen LogP) is 3.78. The van der Waals surface area contributed by atoms with Crippen molar-refractivity contribution in [1.82, 2.24) is 0 Å². The molecule has 2 N–H and O–H groups in total. The van der Waals surface area contributed by atoms with Gasteiger partial charge in [-0.25, -0.2) is 0 Å². The van der Waals surface area contributed by atoms with Crippen LogP contribution in [-0.4, -0.2) is 0 Å². The third kappa shape index (κ3) is 3.79. The Morgan fingerprint density at radius 2 is 1.53 bits per heavy atom. The molecule has 0 atom stereocenters. The number of benzene rings is 2. The summed E-state index contributed by atoms with van der Waals surface area (Å²) in [7, 11) is 0. The van der Waals surface area contributed by atoms with E-state index in [-0.39, 0.29) is 12.4 Å². The average Bonchev–Trinajstić information content (AvgIpc) is 2.30. The maximum atomic E-state index is 5.91. The van der Waals surface area contributed by atoms with Crippen LogP contribution in [0.4, 0.5) is 5.69 Å². The summed E-state index contributed by atoms with van der Waals surface area (Å²) in [6.45, 7) is 2.11. The highest BCUT2D eigenvalue weighted by molar-refractivity contribution is 5.85. The number of nitrogen functional groups attached to an aromatic ring is 1. The average molecular weight is 248 g/mol. The van der Waals surface area contributed by atoms with Crippen LogP contribution in [0.15, 0.2) is 48.5 Å². The van der Waals surface area contributed by atoms with Gasteiger partial charge < -0.3 is 5.73 Å². The van der Waals surface area contributed by atoms with Gasteiger partial charge in [-0.05, 0) is 37.0 Å². The normalized spacial score (nSPS) is 9.71. The molecule has 1 nitrogen and oxygen atoms in total. The number of halogens is 1. The molecule has 0 spiro atoms. The molecule has 0 fully saturated rings. The van der Waals surface area contributed by atoms with E-state index in [0.717, 1.165) is 18.5 Å². The quantitative estimate of drug-likeness (QED) is 0.821. The SMILES string of the molecule is Cc1ccc(CCc2ccccc2N)cc1.Cl. The van der Waals surface area contributed by atoms with Crippen molar-refractivity contribution in [2.24, 2.45) is 0 Å². The fraction of sp³-hybridized carbons (Fsp3) is 0.200. The number of nitrogens with two attached hydrogens (primary N) is 1. The zero-order valence-corrected chi connectivity index (χ0v) is 10.8. The Balaban J connectivity index is 0.00000144. The highest BCUT2D eigenvalue weighted by atomic mass is 35.5. The molecular weight excluding hydrogens is 230 g/mol. The molecule has 0 aromatic heterocycles. The van der Waals surface area contributed by atoms with Gasteiger partial charge in [-0.2, -0.15) is 0 Å². The van der Waals surface area contributed by atoms with Crippen molar-refractivity contribution < 1.29 is 0 Å². The van der Waals surface area contributed by atoms with Gasteiger partial charge in [0.05, 0.1) is 0 Å². The molecule has 0 saturated carbocycles. The maximum absolute atomic E-state index is 5.91. The number of hydrogen-bond acceptors (Lipinski definition) is 1. The van der Waals surface area contributed by atoms with Gasteiger partial charge >= 0.3 is 0 Å². The molecule has 90 valence electrons. The topological polar surface area (TPSA) is 26.0 Å². The van der Waals surface area contributed by atoms with E-state index < -0.39 is 0 Å². The molecule has 0 aliphatic rings. The first kappa shape index (κ1) is 13.6. The lowest BCUT2D eigenvalue weighted by molar-refractivity contribution is 0.962. The number of para-hydroxylation sites is 1. The summed E-state index contributed by atoms with van der Waals surface area (Å²) in [5, 5.41) is 0. The van der Waals surface area contributed by atoms with Gasteiger partial charge in [0.2, 0.25) is 0 Å². The van der Waals surface area contributed by atoms with Crippen LogP contribution in [-0.2, 0) is 12.8 Å². The largest absolute Gasteiger partial charge is 0.399 e. The van der Waals surface area contributed by atoms with Gasteiger partial charge in [-0.15, -0.1) is 12.4 Å². The highest BCUT2D eigenvalue weighted by Crippen LogP contribution is 2.14. The Labute approximate surface area is 109 Å². The van der Waals surface area contributed by atoms with Crippen LogP contribution in [0.5, 0.6) is 0 Å². The van der Waals surface area contributed by atoms with Crippen molar-refractivity contribution in [3.8, 4) is 0 Å². The van der Waals surface area contributed by atoms with E-state index >= 15 is 0 Å². The minimum atomic E-state index is 0. The third-order valence-corrected chi connectivity index (χ3v) is 2.86. The van der Waals surface area contributed by atoms with Gasteiger partial charge in [0.25, 0.3) is 0 Å². The lowest BCUT2D eigenvalue weighted by Crippen LogP contribution is -1.96. The number of anilines is 1. The summed E-state index contributed by atoms with van der Waals surface area (Å²) in [6.07, 6.45) is 2.06. The molecule has 0 aliphatic heterocycles. The van der Waals surface area contributed by atoms with Crippen LogP contribution < -0.4 is 5.73 Å². The molecule has 2 rings (SSSR count). The zero-order chi connectivity index (χ0) is 11.4. The van der Waals surface area contributed by atoms with Crippen LogP contribution in [0.3, 0.4) is 0 Å². The van der Waals surface area contributed by atoms with Crippen LogP contribution in [0.2, 0.25) is 0 Å². The summed E-state index contributed by atoms with van der Waals surface area (Å²) in [4.78, 5) is 0. The van der Waals surface area contributed by atoms with Crippen molar-refractivity contribution >= 4 is 18.1 Å². The van der Waals surface area contributed by atoms with E-state index in [1.54, 1.807) is 0 Å². The molecule has 2 aromatic rings. The van der Waals surface area contributed by atoms with Crippen LogP contribution in [0, 0.1) is 6.92 Å². The minimum Gasteiger partial charge on any atom is -0.399 e. The van der Waals surface area contributed by atoms with E-state index in [1.807, 2.05) is 18.2 Å². The van der Waals surface area contributed by atoms with Crippen molar-refractivity contribution in [2.45, 2.75) is 19.8 Å². The summed E-state index contributed by atoms with van der Waals surface area (Å²) < 4.78 is 0. The lowest BCUT2D eigenvalue weighted by atomic mass is 10.0. The molecule has 17 heavy (non-hydrogen) atoms. The Kier molecular flexibility index (Phi) is 5.05. The van der Waals surface area contributed by atoms with Gasteiger partial charge in [-0.3, -0.25) is 0 Å². The van der Waals surface area contributed by atoms with Gasteiger partial charge in [-0.1, -0.05) is 48.0 Å². The first-order chi connectivity index (χ1) is 7.75. The summed E-state index contributed by atoms with van der Waals surface area (Å²) in [6, 6.07) is 16.8. The molecule has 0 aliphatic carbocycles. The van der Waals surface area contributed by atoms with Crippen molar-refractivity contribution in [2.75, 3.05) is 5.73 Å². The number of rotatable bonds is 3. The Bertz CT molecular complexity index is 463. The predicted molar refractivity (Wildman–Crippen MR) is 76.7 cm³/mol. The van der Waals surface area contributed by atoms with Crippen LogP contribution in [0.25, 0.3) is 0 Å². The Morgan fingerprint density at radius 3 is 2.18 bits per heavy atom. The first-order valence-electron chi connectivity index (χ1n) is 5.64. The minimum absolute atomic E-state index is 0.